The predicted molar refractivity (Wildman–Crippen MR) is 70.8 cm³/mol. The van der Waals surface area contributed by atoms with Crippen LogP contribution in [0.4, 0.5) is 0 Å². The topological polar surface area (TPSA) is 8.81 Å². The van der Waals surface area contributed by atoms with Gasteiger partial charge in [0.2, 0.25) is 0 Å². The average molecular weight is 307 g/mol. The summed E-state index contributed by atoms with van der Waals surface area (Å²) in [6.45, 7) is 11.2. The molecule has 0 radical (unpaired) electrons. The zero-order valence-corrected chi connectivity index (χ0v) is 12.7. The van der Waals surface area contributed by atoms with E-state index in [-0.39, 0.29) is 17.0 Å². The van der Waals surface area contributed by atoms with Crippen LogP contribution in [-0.4, -0.2) is 4.57 Å². The number of rotatable bonds is 3. The molecule has 1 aromatic carbocycles. The third-order valence-electron chi connectivity index (χ3n) is 3.40. The van der Waals surface area contributed by atoms with Crippen molar-refractivity contribution >= 4 is 6.20 Å². The van der Waals surface area contributed by atoms with Crippen molar-refractivity contribution in [3.63, 3.8) is 0 Å². The van der Waals surface area contributed by atoms with Crippen LogP contribution in [0.3, 0.4) is 0 Å². The van der Waals surface area contributed by atoms with Crippen LogP contribution in [0, 0.1) is 20.8 Å². The van der Waals surface area contributed by atoms with Crippen LogP contribution in [0.2, 0.25) is 0 Å². The van der Waals surface area contributed by atoms with Gasteiger partial charge in [-0.05, 0) is 5.56 Å². The fourth-order valence-corrected chi connectivity index (χ4v) is 2.25. The number of aromatic nitrogens is 2. The second kappa shape index (κ2) is 6.01. The minimum Gasteiger partial charge on any atom is -1.00 e. The van der Waals surface area contributed by atoms with Crippen LogP contribution in [-0.2, 0) is 6.54 Å². The fourth-order valence-electron chi connectivity index (χ4n) is 2.25. The molecule has 0 bridgehead atoms. The van der Waals surface area contributed by atoms with E-state index in [1.165, 1.54) is 22.8 Å². The minimum atomic E-state index is 0. The van der Waals surface area contributed by atoms with Crippen LogP contribution in [0.1, 0.15) is 22.8 Å². The molecule has 3 heteroatoms. The number of hydrogen-bond acceptors (Lipinski definition) is 0. The molecule has 0 N–H and O–H groups in total. The van der Waals surface area contributed by atoms with Crippen molar-refractivity contribution in [1.82, 2.24) is 4.57 Å². The molecule has 0 spiro atoms. The maximum atomic E-state index is 3.86. The van der Waals surface area contributed by atoms with E-state index in [0.717, 1.165) is 6.54 Å². The Labute approximate surface area is 119 Å². The molecule has 0 fully saturated rings. The van der Waals surface area contributed by atoms with Gasteiger partial charge in [-0.25, -0.2) is 9.13 Å². The molecule has 1 heterocycles. The summed E-state index contributed by atoms with van der Waals surface area (Å²) in [5, 5.41) is 0. The van der Waals surface area contributed by atoms with Gasteiger partial charge in [-0.3, -0.25) is 0 Å². The summed E-state index contributed by atoms with van der Waals surface area (Å²) in [6.07, 6.45) is 1.87. The number of imidazole rings is 1. The Hall–Kier alpha value is -1.35. The summed E-state index contributed by atoms with van der Waals surface area (Å²) in [6, 6.07) is 10.5. The van der Waals surface area contributed by atoms with Crippen molar-refractivity contribution in [3.05, 3.63) is 59.7 Å². The molecule has 0 aliphatic rings. The standard InChI is InChI=1S/C15H19N2.BrH/c1-5-16-12(2)13(3)17(14(16)4)11-15-9-7-6-8-10-15;/h5-10H,1,11H2,2-4H3;1H/q+1;/p-1. The Morgan fingerprint density at radius 1 is 1.17 bits per heavy atom. The van der Waals surface area contributed by atoms with Gasteiger partial charge in [0.05, 0.1) is 6.20 Å². The second-order valence-electron chi connectivity index (χ2n) is 4.34. The van der Waals surface area contributed by atoms with Crippen molar-refractivity contribution in [2.45, 2.75) is 27.3 Å². The lowest BCUT2D eigenvalue weighted by atomic mass is 10.2. The summed E-state index contributed by atoms with van der Waals surface area (Å²) >= 11 is 0. The third-order valence-corrected chi connectivity index (χ3v) is 3.40. The van der Waals surface area contributed by atoms with Gasteiger partial charge >= 0.3 is 0 Å². The molecule has 2 aromatic rings. The molecule has 0 unspecified atom stereocenters. The van der Waals surface area contributed by atoms with Gasteiger partial charge < -0.3 is 17.0 Å². The van der Waals surface area contributed by atoms with Gasteiger partial charge in [0.15, 0.2) is 0 Å². The summed E-state index contributed by atoms with van der Waals surface area (Å²) in [5.41, 5.74) is 3.88. The summed E-state index contributed by atoms with van der Waals surface area (Å²) in [7, 11) is 0. The van der Waals surface area contributed by atoms with Crippen molar-refractivity contribution in [2.75, 3.05) is 0 Å². The lowest BCUT2D eigenvalue weighted by molar-refractivity contribution is -0.699. The van der Waals surface area contributed by atoms with E-state index >= 15 is 0 Å². The fraction of sp³-hybridized carbons (Fsp3) is 0.267. The zero-order valence-electron chi connectivity index (χ0n) is 11.2. The molecular formula is C15H19BrN2. The maximum absolute atomic E-state index is 3.86. The molecule has 18 heavy (non-hydrogen) atoms. The molecule has 1 aromatic heterocycles. The normalized spacial score (nSPS) is 9.94. The highest BCUT2D eigenvalue weighted by atomic mass is 79.9. The van der Waals surface area contributed by atoms with E-state index in [4.69, 9.17) is 0 Å². The Balaban J connectivity index is 0.00000162. The molecule has 0 aliphatic heterocycles. The quantitative estimate of drug-likeness (QED) is 0.698. The molecule has 0 aliphatic carbocycles. The molecular weight excluding hydrogens is 288 g/mol. The highest BCUT2D eigenvalue weighted by Crippen LogP contribution is 2.09. The van der Waals surface area contributed by atoms with Crippen LogP contribution in [0.15, 0.2) is 36.9 Å². The van der Waals surface area contributed by atoms with E-state index in [1.54, 1.807) is 0 Å². The Morgan fingerprint density at radius 2 is 1.78 bits per heavy atom. The van der Waals surface area contributed by atoms with Crippen LogP contribution in [0.25, 0.3) is 6.20 Å². The number of halogens is 1. The Kier molecular flexibility index (Phi) is 4.91. The van der Waals surface area contributed by atoms with Gasteiger partial charge in [-0.2, -0.15) is 0 Å². The van der Waals surface area contributed by atoms with E-state index in [9.17, 15) is 0 Å². The van der Waals surface area contributed by atoms with E-state index < -0.39 is 0 Å². The minimum absolute atomic E-state index is 0. The van der Waals surface area contributed by atoms with Crippen molar-refractivity contribution in [3.8, 4) is 0 Å². The molecule has 2 nitrogen and oxygen atoms in total. The molecule has 96 valence electrons. The summed E-state index contributed by atoms with van der Waals surface area (Å²) < 4.78 is 4.46. The molecule has 0 amide bonds. The third kappa shape index (κ3) is 2.56. The lowest BCUT2D eigenvalue weighted by Crippen LogP contribution is -3.00. The first-order chi connectivity index (χ1) is 8.15. The first kappa shape index (κ1) is 14.7. The zero-order chi connectivity index (χ0) is 12.4. The second-order valence-corrected chi connectivity index (χ2v) is 4.34. The molecule has 0 saturated heterocycles. The molecule has 0 atom stereocenters. The SMILES string of the molecule is C=Cn1c(C)c(C)[n+](Cc2ccccc2)c1C.[Br-]. The number of nitrogens with zero attached hydrogens (tertiary/aromatic N) is 2. The van der Waals surface area contributed by atoms with Crippen molar-refractivity contribution in [1.29, 1.82) is 0 Å². The van der Waals surface area contributed by atoms with Gasteiger partial charge in [0, 0.05) is 20.8 Å². The van der Waals surface area contributed by atoms with E-state index in [0.29, 0.717) is 0 Å². The Bertz CT molecular complexity index is 541. The first-order valence-electron chi connectivity index (χ1n) is 5.89. The number of hydrogen-bond donors (Lipinski definition) is 0. The molecule has 0 saturated carbocycles. The molecule has 2 rings (SSSR count). The van der Waals surface area contributed by atoms with Gasteiger partial charge in [0.1, 0.15) is 17.9 Å². The lowest BCUT2D eigenvalue weighted by Gasteiger charge is -2.01. The highest BCUT2D eigenvalue weighted by Gasteiger charge is 2.20. The highest BCUT2D eigenvalue weighted by molar-refractivity contribution is 5.25. The maximum Gasteiger partial charge on any atom is 0.258 e. The summed E-state index contributed by atoms with van der Waals surface area (Å²) in [4.78, 5) is 0. The van der Waals surface area contributed by atoms with Gasteiger partial charge in [0.25, 0.3) is 5.82 Å². The van der Waals surface area contributed by atoms with Gasteiger partial charge in [-0.15, -0.1) is 0 Å². The average Bonchev–Trinajstić information content (AvgIpc) is 2.55. The summed E-state index contributed by atoms with van der Waals surface area (Å²) in [5.74, 6) is 1.22. The van der Waals surface area contributed by atoms with Crippen LogP contribution in [0.5, 0.6) is 0 Å². The largest absolute Gasteiger partial charge is 1.00 e. The van der Waals surface area contributed by atoms with Crippen molar-refractivity contribution < 1.29 is 21.5 Å². The Morgan fingerprint density at radius 3 is 2.28 bits per heavy atom. The van der Waals surface area contributed by atoms with E-state index in [1.807, 2.05) is 12.3 Å². The van der Waals surface area contributed by atoms with Crippen LogP contribution < -0.4 is 21.5 Å². The smallest absolute Gasteiger partial charge is 0.258 e. The first-order valence-corrected chi connectivity index (χ1v) is 5.89. The van der Waals surface area contributed by atoms with Crippen molar-refractivity contribution in [2.24, 2.45) is 0 Å². The monoisotopic (exact) mass is 306 g/mol. The van der Waals surface area contributed by atoms with Crippen LogP contribution >= 0.6 is 0 Å². The van der Waals surface area contributed by atoms with Gasteiger partial charge in [-0.1, -0.05) is 36.9 Å². The van der Waals surface area contributed by atoms with E-state index in [2.05, 4.69) is 60.7 Å². The number of benzene rings is 1. The predicted octanol–water partition coefficient (Wildman–Crippen LogP) is -0.146.